The van der Waals surface area contributed by atoms with Crippen molar-refractivity contribution < 1.29 is 22.7 Å². The van der Waals surface area contributed by atoms with E-state index < -0.39 is 29.2 Å². The molecule has 0 spiro atoms. The summed E-state index contributed by atoms with van der Waals surface area (Å²) in [5, 5.41) is 11.6. The Bertz CT molecular complexity index is 1090. The first-order valence-electron chi connectivity index (χ1n) is 9.12. The number of nitrogens with zero attached hydrogens (tertiary/aromatic N) is 3. The molecule has 1 aromatic carbocycles. The van der Waals surface area contributed by atoms with Crippen molar-refractivity contribution in [1.29, 1.82) is 0 Å². The minimum absolute atomic E-state index is 0.112. The number of carbonyl (C=O) groups excluding carboxylic acids is 1. The molecule has 0 unspecified atom stereocenters. The Morgan fingerprint density at radius 1 is 1.27 bits per heavy atom. The Morgan fingerprint density at radius 2 is 2.07 bits per heavy atom. The number of esters is 1. The monoisotopic (exact) mass is 434 g/mol. The number of halogens is 3. The lowest BCUT2D eigenvalue weighted by atomic mass is 9.65. The molecule has 0 aliphatic heterocycles. The van der Waals surface area contributed by atoms with Crippen molar-refractivity contribution in [2.75, 3.05) is 19.0 Å². The summed E-state index contributed by atoms with van der Waals surface area (Å²) in [7, 11) is 1.24. The maximum atomic E-state index is 14.3. The zero-order chi connectivity index (χ0) is 21.3. The fourth-order valence-electron chi connectivity index (χ4n) is 3.57. The summed E-state index contributed by atoms with van der Waals surface area (Å²) >= 11 is 1.07. The zero-order valence-corrected chi connectivity index (χ0v) is 16.7. The van der Waals surface area contributed by atoms with Gasteiger partial charge in [-0.2, -0.15) is 0 Å². The Labute approximate surface area is 174 Å². The molecule has 1 aliphatic rings. The van der Waals surface area contributed by atoms with Gasteiger partial charge in [-0.15, -0.1) is 10.2 Å². The number of benzene rings is 1. The van der Waals surface area contributed by atoms with Crippen LogP contribution in [0.3, 0.4) is 0 Å². The van der Waals surface area contributed by atoms with E-state index in [0.29, 0.717) is 5.13 Å². The number of rotatable bonds is 6. The molecule has 10 heteroatoms. The van der Waals surface area contributed by atoms with Crippen LogP contribution in [-0.4, -0.2) is 41.0 Å². The van der Waals surface area contributed by atoms with Crippen LogP contribution in [0.25, 0.3) is 10.6 Å². The van der Waals surface area contributed by atoms with Gasteiger partial charge in [0.25, 0.3) is 0 Å². The van der Waals surface area contributed by atoms with E-state index >= 15 is 0 Å². The van der Waals surface area contributed by atoms with Crippen molar-refractivity contribution in [3.8, 4) is 10.6 Å². The standard InChI is InChI=1S/C20H17F3N4O2S/c1-29-18(28)11-4-5-14(22)13(7-11)17-26-27-19(30-17)25-10-20(8-12(21)9-20)16-15(23)3-2-6-24-16/h2-7,12H,8-10H2,1H3,(H,25,27). The van der Waals surface area contributed by atoms with Crippen LogP contribution < -0.4 is 5.32 Å². The highest BCUT2D eigenvalue weighted by Crippen LogP contribution is 2.45. The summed E-state index contributed by atoms with van der Waals surface area (Å²) in [5.74, 6) is -1.63. The molecule has 1 aliphatic carbocycles. The molecule has 2 heterocycles. The quantitative estimate of drug-likeness (QED) is 0.588. The Hall–Kier alpha value is -3.01. The fraction of sp³-hybridized carbons (Fsp3) is 0.300. The van der Waals surface area contributed by atoms with E-state index in [2.05, 4.69) is 25.2 Å². The number of hydrogen-bond donors (Lipinski definition) is 1. The van der Waals surface area contributed by atoms with Gasteiger partial charge < -0.3 is 10.1 Å². The number of anilines is 1. The highest BCUT2D eigenvalue weighted by Gasteiger charge is 2.48. The number of nitrogens with one attached hydrogen (secondary N) is 1. The van der Waals surface area contributed by atoms with E-state index in [-0.39, 0.29) is 41.2 Å². The fourth-order valence-corrected chi connectivity index (χ4v) is 4.32. The van der Waals surface area contributed by atoms with Crippen molar-refractivity contribution in [1.82, 2.24) is 15.2 Å². The van der Waals surface area contributed by atoms with Gasteiger partial charge in [-0.25, -0.2) is 18.0 Å². The van der Waals surface area contributed by atoms with Gasteiger partial charge in [0.05, 0.1) is 18.4 Å². The molecule has 0 amide bonds. The van der Waals surface area contributed by atoms with Crippen molar-refractivity contribution in [2.24, 2.45) is 0 Å². The first-order chi connectivity index (χ1) is 14.4. The number of pyridine rings is 1. The summed E-state index contributed by atoms with van der Waals surface area (Å²) in [6, 6.07) is 6.61. The molecule has 0 radical (unpaired) electrons. The summed E-state index contributed by atoms with van der Waals surface area (Å²) < 4.78 is 46.8. The van der Waals surface area contributed by atoms with Crippen molar-refractivity contribution in [3.05, 3.63) is 59.4 Å². The second kappa shape index (κ2) is 8.02. The van der Waals surface area contributed by atoms with Gasteiger partial charge in [-0.05, 0) is 43.2 Å². The van der Waals surface area contributed by atoms with E-state index in [1.807, 2.05) is 0 Å². The van der Waals surface area contributed by atoms with Crippen LogP contribution in [0.2, 0.25) is 0 Å². The smallest absolute Gasteiger partial charge is 0.337 e. The lowest BCUT2D eigenvalue weighted by Crippen LogP contribution is -2.48. The van der Waals surface area contributed by atoms with Gasteiger partial charge in [0.1, 0.15) is 17.8 Å². The molecule has 0 bridgehead atoms. The molecule has 0 atom stereocenters. The van der Waals surface area contributed by atoms with Gasteiger partial charge in [0.15, 0.2) is 5.01 Å². The van der Waals surface area contributed by atoms with Crippen LogP contribution in [0.15, 0.2) is 36.5 Å². The van der Waals surface area contributed by atoms with Gasteiger partial charge in [0.2, 0.25) is 5.13 Å². The van der Waals surface area contributed by atoms with Gasteiger partial charge in [-0.3, -0.25) is 4.98 Å². The molecular formula is C20H17F3N4O2S. The first kappa shape index (κ1) is 20.3. The van der Waals surface area contributed by atoms with Crippen LogP contribution in [0.4, 0.5) is 18.3 Å². The first-order valence-corrected chi connectivity index (χ1v) is 9.94. The molecule has 4 rings (SSSR count). The highest BCUT2D eigenvalue weighted by atomic mass is 32.1. The number of aromatic nitrogens is 3. The number of methoxy groups -OCH3 is 1. The number of alkyl halides is 1. The van der Waals surface area contributed by atoms with Gasteiger partial charge in [-0.1, -0.05) is 11.3 Å². The number of carbonyl (C=O) groups is 1. The van der Waals surface area contributed by atoms with Gasteiger partial charge in [0, 0.05) is 23.7 Å². The molecule has 0 saturated heterocycles. The van der Waals surface area contributed by atoms with E-state index in [1.165, 1.54) is 37.6 Å². The largest absolute Gasteiger partial charge is 0.465 e. The molecule has 1 saturated carbocycles. The second-order valence-electron chi connectivity index (χ2n) is 7.07. The predicted octanol–water partition coefficient (Wildman–Crippen LogP) is 4.15. The summed E-state index contributed by atoms with van der Waals surface area (Å²) in [5.41, 5.74) is -0.270. The van der Waals surface area contributed by atoms with Crippen LogP contribution >= 0.6 is 11.3 Å². The summed E-state index contributed by atoms with van der Waals surface area (Å²) in [6.07, 6.45) is 0.754. The average Bonchev–Trinajstić information content (AvgIpc) is 3.19. The van der Waals surface area contributed by atoms with Crippen molar-refractivity contribution in [3.63, 3.8) is 0 Å². The minimum Gasteiger partial charge on any atom is -0.465 e. The number of ether oxygens (including phenoxy) is 1. The maximum Gasteiger partial charge on any atom is 0.337 e. The molecule has 3 aromatic rings. The Morgan fingerprint density at radius 3 is 2.77 bits per heavy atom. The molecule has 1 fully saturated rings. The van der Waals surface area contributed by atoms with E-state index in [1.54, 1.807) is 0 Å². The summed E-state index contributed by atoms with van der Waals surface area (Å²) in [4.78, 5) is 15.8. The Balaban J connectivity index is 1.54. The zero-order valence-electron chi connectivity index (χ0n) is 15.9. The number of hydrogen-bond acceptors (Lipinski definition) is 7. The van der Waals surface area contributed by atoms with Crippen LogP contribution in [0.1, 0.15) is 28.9 Å². The summed E-state index contributed by atoms with van der Waals surface area (Å²) in [6.45, 7) is 0.209. The SMILES string of the molecule is COC(=O)c1ccc(F)c(-c2nnc(NCC3(c4ncccc4F)CC(F)C3)s2)c1. The predicted molar refractivity (Wildman–Crippen MR) is 105 cm³/mol. The third-order valence-electron chi connectivity index (χ3n) is 5.11. The molecule has 30 heavy (non-hydrogen) atoms. The molecular weight excluding hydrogens is 417 g/mol. The topological polar surface area (TPSA) is 77.0 Å². The Kier molecular flexibility index (Phi) is 5.42. The molecule has 6 nitrogen and oxygen atoms in total. The van der Waals surface area contributed by atoms with Crippen LogP contribution in [0, 0.1) is 11.6 Å². The van der Waals surface area contributed by atoms with Crippen molar-refractivity contribution in [2.45, 2.75) is 24.4 Å². The normalized spacial score (nSPS) is 20.5. The third kappa shape index (κ3) is 3.74. The lowest BCUT2D eigenvalue weighted by molar-refractivity contribution is 0.0600. The second-order valence-corrected chi connectivity index (χ2v) is 8.05. The van der Waals surface area contributed by atoms with Crippen LogP contribution in [-0.2, 0) is 10.2 Å². The lowest BCUT2D eigenvalue weighted by Gasteiger charge is -2.43. The third-order valence-corrected chi connectivity index (χ3v) is 6.02. The maximum absolute atomic E-state index is 14.3. The van der Waals surface area contributed by atoms with Crippen LogP contribution in [0.5, 0.6) is 0 Å². The van der Waals surface area contributed by atoms with Gasteiger partial charge >= 0.3 is 5.97 Å². The van der Waals surface area contributed by atoms with Crippen molar-refractivity contribution >= 4 is 22.4 Å². The molecule has 1 N–H and O–H groups in total. The molecule has 2 aromatic heterocycles. The minimum atomic E-state index is -1.02. The average molecular weight is 434 g/mol. The van der Waals surface area contributed by atoms with E-state index in [0.717, 1.165) is 17.4 Å². The highest BCUT2D eigenvalue weighted by molar-refractivity contribution is 7.18. The van der Waals surface area contributed by atoms with E-state index in [4.69, 9.17) is 0 Å². The van der Waals surface area contributed by atoms with E-state index in [9.17, 15) is 18.0 Å². The molecule has 156 valence electrons.